The number of hydrogen-bond acceptors (Lipinski definition) is 6. The number of amides is 2. The molecule has 182 valence electrons. The van der Waals surface area contributed by atoms with Gasteiger partial charge in [0.1, 0.15) is 0 Å². The number of carbonyl (C=O) groups is 3. The van der Waals surface area contributed by atoms with Crippen molar-refractivity contribution in [3.63, 3.8) is 0 Å². The van der Waals surface area contributed by atoms with Crippen LogP contribution in [0.2, 0.25) is 5.02 Å². The van der Waals surface area contributed by atoms with Crippen LogP contribution in [0.15, 0.2) is 24.3 Å². The highest BCUT2D eigenvalue weighted by atomic mass is 35.5. The zero-order valence-corrected chi connectivity index (χ0v) is 19.3. The number of halogens is 4. The average molecular weight is 499 g/mol. The van der Waals surface area contributed by atoms with Gasteiger partial charge in [0, 0.05) is 55.4 Å². The number of nitrogens with zero attached hydrogens (tertiary/aromatic N) is 3. The first kappa shape index (κ1) is 25.4. The van der Waals surface area contributed by atoms with E-state index in [0.29, 0.717) is 33.1 Å². The molecule has 12 heteroatoms. The molecule has 8 nitrogen and oxygen atoms in total. The van der Waals surface area contributed by atoms with Crippen LogP contribution in [-0.4, -0.2) is 65.6 Å². The first-order valence-corrected chi connectivity index (χ1v) is 10.5. The fourth-order valence-corrected chi connectivity index (χ4v) is 3.99. The number of benzene rings is 1. The predicted octanol–water partition coefficient (Wildman–Crippen LogP) is 2.69. The van der Waals surface area contributed by atoms with Crippen molar-refractivity contribution in [2.24, 2.45) is 5.73 Å². The van der Waals surface area contributed by atoms with Gasteiger partial charge in [-0.25, -0.2) is 4.79 Å². The van der Waals surface area contributed by atoms with E-state index in [1.54, 1.807) is 31.2 Å². The molecule has 1 aliphatic rings. The number of carbonyl (C=O) groups excluding carboxylic acids is 3. The van der Waals surface area contributed by atoms with E-state index in [1.165, 1.54) is 14.1 Å². The minimum Gasteiger partial charge on any atom is -0.425 e. The molecule has 3 rings (SSSR count). The number of ether oxygens (including phenoxy) is 1. The SMILES string of the molecule is Cc1nc2c(c(-c3ccccc3Cl)c1CN)C(=O)N([C@@H](OC(=O)C(F)(F)F)C(=O)N(C)C)CC2. The lowest BCUT2D eigenvalue weighted by atomic mass is 9.89. The summed E-state index contributed by atoms with van der Waals surface area (Å²) in [6, 6.07) is 6.70. The van der Waals surface area contributed by atoms with Crippen molar-refractivity contribution in [2.75, 3.05) is 20.6 Å². The highest BCUT2D eigenvalue weighted by Crippen LogP contribution is 2.38. The minimum atomic E-state index is -5.35. The van der Waals surface area contributed by atoms with Crippen molar-refractivity contribution >= 4 is 29.4 Å². The summed E-state index contributed by atoms with van der Waals surface area (Å²) >= 11 is 6.40. The molecule has 2 heterocycles. The molecular formula is C22H22ClF3N4O4. The number of nitrogens with two attached hydrogens (primary N) is 1. The Bertz CT molecular complexity index is 1150. The second kappa shape index (κ2) is 9.59. The number of likely N-dealkylation sites (N-methyl/N-ethyl adjacent to an activating group) is 1. The third-order valence-electron chi connectivity index (χ3n) is 5.38. The molecule has 0 spiro atoms. The highest BCUT2D eigenvalue weighted by Gasteiger charge is 2.47. The Balaban J connectivity index is 2.19. The van der Waals surface area contributed by atoms with E-state index in [4.69, 9.17) is 17.3 Å². The first-order valence-electron chi connectivity index (χ1n) is 10.2. The zero-order chi connectivity index (χ0) is 25.4. The Morgan fingerprint density at radius 1 is 1.26 bits per heavy atom. The molecule has 0 fully saturated rings. The molecule has 1 aliphatic heterocycles. The van der Waals surface area contributed by atoms with Crippen LogP contribution in [0.1, 0.15) is 27.3 Å². The van der Waals surface area contributed by atoms with Crippen molar-refractivity contribution in [3.8, 4) is 11.1 Å². The van der Waals surface area contributed by atoms with E-state index in [1.807, 2.05) is 0 Å². The summed E-state index contributed by atoms with van der Waals surface area (Å²) in [6.07, 6.45) is -7.37. The number of aromatic nitrogens is 1. The van der Waals surface area contributed by atoms with Crippen LogP contribution in [0.4, 0.5) is 13.2 Å². The fraction of sp³-hybridized carbons (Fsp3) is 0.364. The van der Waals surface area contributed by atoms with Crippen LogP contribution in [0.3, 0.4) is 0 Å². The van der Waals surface area contributed by atoms with Crippen LogP contribution in [0.25, 0.3) is 11.1 Å². The molecule has 0 saturated heterocycles. The summed E-state index contributed by atoms with van der Waals surface area (Å²) in [5, 5.41) is 0.319. The number of fused-ring (bicyclic) bond motifs is 1. The van der Waals surface area contributed by atoms with Gasteiger partial charge < -0.3 is 15.4 Å². The molecule has 0 bridgehead atoms. The second-order valence-electron chi connectivity index (χ2n) is 7.79. The van der Waals surface area contributed by atoms with Gasteiger partial charge in [0.15, 0.2) is 0 Å². The first-order chi connectivity index (χ1) is 15.9. The molecule has 2 N–H and O–H groups in total. The Kier molecular flexibility index (Phi) is 7.18. The molecule has 2 aromatic rings. The van der Waals surface area contributed by atoms with Crippen molar-refractivity contribution in [1.29, 1.82) is 0 Å². The van der Waals surface area contributed by atoms with Crippen molar-refractivity contribution in [1.82, 2.24) is 14.8 Å². The van der Waals surface area contributed by atoms with Crippen LogP contribution >= 0.6 is 11.6 Å². The monoisotopic (exact) mass is 498 g/mol. The Hall–Kier alpha value is -3.18. The molecule has 1 atom stereocenters. The van der Waals surface area contributed by atoms with E-state index in [-0.39, 0.29) is 25.1 Å². The topological polar surface area (TPSA) is 106 Å². The van der Waals surface area contributed by atoms with Crippen molar-refractivity contribution < 1.29 is 32.3 Å². The maximum atomic E-state index is 13.7. The summed E-state index contributed by atoms with van der Waals surface area (Å²) in [6.45, 7) is 1.53. The van der Waals surface area contributed by atoms with Gasteiger partial charge in [-0.3, -0.25) is 19.5 Å². The number of esters is 1. The zero-order valence-electron chi connectivity index (χ0n) is 18.6. The number of pyridine rings is 1. The van der Waals surface area contributed by atoms with E-state index in [9.17, 15) is 27.6 Å². The lowest BCUT2D eigenvalue weighted by Crippen LogP contribution is -2.55. The van der Waals surface area contributed by atoms with Gasteiger partial charge in [-0.2, -0.15) is 13.2 Å². The summed E-state index contributed by atoms with van der Waals surface area (Å²) in [5.41, 5.74) is 8.32. The molecule has 1 aromatic heterocycles. The number of alkyl halides is 3. The van der Waals surface area contributed by atoms with Gasteiger partial charge in [0.25, 0.3) is 18.0 Å². The molecule has 34 heavy (non-hydrogen) atoms. The van der Waals surface area contributed by atoms with Gasteiger partial charge in [-0.05, 0) is 18.6 Å². The predicted molar refractivity (Wildman–Crippen MR) is 117 cm³/mol. The third kappa shape index (κ3) is 4.71. The summed E-state index contributed by atoms with van der Waals surface area (Å²) in [5.74, 6) is -4.41. The molecule has 0 radical (unpaired) electrons. The van der Waals surface area contributed by atoms with E-state index >= 15 is 0 Å². The van der Waals surface area contributed by atoms with E-state index < -0.39 is 30.2 Å². The normalized spacial score (nSPS) is 14.5. The van der Waals surface area contributed by atoms with Crippen LogP contribution in [0, 0.1) is 6.92 Å². The maximum absolute atomic E-state index is 13.7. The summed E-state index contributed by atoms with van der Waals surface area (Å²) in [7, 11) is 2.54. The number of aryl methyl sites for hydroxylation is 1. The van der Waals surface area contributed by atoms with Crippen molar-refractivity contribution in [3.05, 3.63) is 51.8 Å². The smallest absolute Gasteiger partial charge is 0.425 e. The maximum Gasteiger partial charge on any atom is 0.491 e. The third-order valence-corrected chi connectivity index (χ3v) is 5.71. The average Bonchev–Trinajstić information content (AvgIpc) is 2.76. The lowest BCUT2D eigenvalue weighted by molar-refractivity contribution is -0.212. The Morgan fingerprint density at radius 2 is 1.91 bits per heavy atom. The summed E-state index contributed by atoms with van der Waals surface area (Å²) < 4.78 is 43.2. The molecule has 2 amide bonds. The largest absolute Gasteiger partial charge is 0.491 e. The molecular weight excluding hydrogens is 477 g/mol. The van der Waals surface area contributed by atoms with Crippen LogP contribution in [0.5, 0.6) is 0 Å². The molecule has 1 aromatic carbocycles. The van der Waals surface area contributed by atoms with E-state index in [2.05, 4.69) is 9.72 Å². The number of hydrogen-bond donors (Lipinski definition) is 1. The standard InChI is InChI=1S/C22H22ClF3N4O4/c1-11-13(10-27)16(12-6-4-5-7-14(12)23)17-15(28-11)8-9-30(18(17)31)20(19(32)29(2)3)34-21(33)22(24,25)26/h4-7,20H,8-10,27H2,1-3H3/t20-/m0/s1. The molecule has 0 unspecified atom stereocenters. The Morgan fingerprint density at radius 3 is 2.47 bits per heavy atom. The fourth-order valence-electron chi connectivity index (χ4n) is 3.76. The minimum absolute atomic E-state index is 0.00304. The second-order valence-corrected chi connectivity index (χ2v) is 8.20. The molecule has 0 saturated carbocycles. The van der Waals surface area contributed by atoms with Crippen molar-refractivity contribution in [2.45, 2.75) is 32.3 Å². The Labute approximate surface area is 198 Å². The van der Waals surface area contributed by atoms with Crippen LogP contribution < -0.4 is 5.73 Å². The molecule has 0 aliphatic carbocycles. The van der Waals surface area contributed by atoms with Crippen LogP contribution in [-0.2, 0) is 27.3 Å². The lowest BCUT2D eigenvalue weighted by Gasteiger charge is -2.36. The van der Waals surface area contributed by atoms with Gasteiger partial charge in [0.2, 0.25) is 0 Å². The quantitative estimate of drug-likeness (QED) is 0.635. The van der Waals surface area contributed by atoms with Gasteiger partial charge >= 0.3 is 12.1 Å². The van der Waals surface area contributed by atoms with Gasteiger partial charge in [0.05, 0.1) is 11.3 Å². The number of rotatable bonds is 5. The highest BCUT2D eigenvalue weighted by molar-refractivity contribution is 6.33. The summed E-state index contributed by atoms with van der Waals surface area (Å²) in [4.78, 5) is 44.1. The van der Waals surface area contributed by atoms with E-state index in [0.717, 1.165) is 9.80 Å². The van der Waals surface area contributed by atoms with Gasteiger partial charge in [-0.15, -0.1) is 0 Å². The van der Waals surface area contributed by atoms with Gasteiger partial charge in [-0.1, -0.05) is 29.8 Å².